The van der Waals surface area contributed by atoms with Crippen molar-refractivity contribution in [2.75, 3.05) is 0 Å². The number of rotatable bonds is 5. The van der Waals surface area contributed by atoms with Crippen molar-refractivity contribution >= 4 is 23.6 Å². The van der Waals surface area contributed by atoms with Crippen LogP contribution in [-0.2, 0) is 9.59 Å². The summed E-state index contributed by atoms with van der Waals surface area (Å²) in [7, 11) is 0. The van der Waals surface area contributed by atoms with Crippen molar-refractivity contribution < 1.29 is 9.59 Å². The zero-order valence-corrected chi connectivity index (χ0v) is 11.2. The van der Waals surface area contributed by atoms with E-state index in [-0.39, 0.29) is 21.8 Å². The molecule has 1 atom stereocenters. The number of carbonyl (C=O) groups is 2. The smallest absolute Gasteiger partial charge is 0.242 e. The minimum absolute atomic E-state index is 0.0439. The summed E-state index contributed by atoms with van der Waals surface area (Å²) in [6.45, 7) is 6.15. The Morgan fingerprint density at radius 1 is 1.25 bits per heavy atom. The van der Waals surface area contributed by atoms with Gasteiger partial charge < -0.3 is 0 Å². The Hall–Kier alpha value is -0.510. The third-order valence-electron chi connectivity index (χ3n) is 3.27. The molecular formula is C12H21NO2S. The van der Waals surface area contributed by atoms with Gasteiger partial charge in [0.2, 0.25) is 11.8 Å². The molecule has 0 aliphatic carbocycles. The second-order valence-corrected chi connectivity index (χ2v) is 5.85. The van der Waals surface area contributed by atoms with Gasteiger partial charge in [0.15, 0.2) is 0 Å². The molecule has 4 heteroatoms. The molecule has 1 heterocycles. The van der Waals surface area contributed by atoms with E-state index in [1.165, 1.54) is 0 Å². The molecular weight excluding hydrogens is 222 g/mol. The van der Waals surface area contributed by atoms with Gasteiger partial charge in [0.05, 0.1) is 10.00 Å². The molecule has 2 amide bonds. The summed E-state index contributed by atoms with van der Waals surface area (Å²) in [4.78, 5) is 23.5. The van der Waals surface area contributed by atoms with Gasteiger partial charge in [-0.15, -0.1) is 11.8 Å². The largest absolute Gasteiger partial charge is 0.294 e. The van der Waals surface area contributed by atoms with Crippen LogP contribution in [0.4, 0.5) is 0 Å². The maximum Gasteiger partial charge on any atom is 0.242 e. The Morgan fingerprint density at radius 2 is 1.88 bits per heavy atom. The molecule has 0 saturated carbocycles. The van der Waals surface area contributed by atoms with E-state index in [1.807, 2.05) is 13.8 Å². The first kappa shape index (κ1) is 13.6. The molecule has 0 aromatic heterocycles. The molecule has 16 heavy (non-hydrogen) atoms. The van der Waals surface area contributed by atoms with Crippen molar-refractivity contribution in [3.63, 3.8) is 0 Å². The Kier molecular flexibility index (Phi) is 4.84. The van der Waals surface area contributed by atoms with Crippen LogP contribution in [0.1, 0.15) is 52.9 Å². The number of unbranched alkanes of at least 4 members (excludes halogenated alkanes) is 1. The SMILES string of the molecule is CCCC[C@@H]1SC(CC)(CC)C(=O)NC1=O. The van der Waals surface area contributed by atoms with E-state index < -0.39 is 0 Å². The van der Waals surface area contributed by atoms with E-state index in [2.05, 4.69) is 12.2 Å². The topological polar surface area (TPSA) is 46.2 Å². The molecule has 0 radical (unpaired) electrons. The molecule has 1 aliphatic rings. The lowest BCUT2D eigenvalue weighted by molar-refractivity contribution is -0.132. The van der Waals surface area contributed by atoms with Crippen LogP contribution in [0.3, 0.4) is 0 Å². The van der Waals surface area contributed by atoms with Crippen LogP contribution in [0.2, 0.25) is 0 Å². The summed E-state index contributed by atoms with van der Waals surface area (Å²) < 4.78 is -0.383. The Morgan fingerprint density at radius 3 is 2.38 bits per heavy atom. The molecule has 0 aromatic carbocycles. The van der Waals surface area contributed by atoms with Gasteiger partial charge in [0, 0.05) is 0 Å². The predicted molar refractivity (Wildman–Crippen MR) is 67.4 cm³/mol. The Bertz CT molecular complexity index is 274. The van der Waals surface area contributed by atoms with Crippen molar-refractivity contribution in [2.24, 2.45) is 0 Å². The molecule has 0 bridgehead atoms. The van der Waals surface area contributed by atoms with Crippen molar-refractivity contribution in [3.05, 3.63) is 0 Å². The highest BCUT2D eigenvalue weighted by Gasteiger charge is 2.44. The van der Waals surface area contributed by atoms with Gasteiger partial charge in [0.1, 0.15) is 0 Å². The lowest BCUT2D eigenvalue weighted by Gasteiger charge is -2.37. The highest BCUT2D eigenvalue weighted by atomic mass is 32.2. The zero-order valence-electron chi connectivity index (χ0n) is 10.3. The fourth-order valence-corrected chi connectivity index (χ4v) is 3.49. The van der Waals surface area contributed by atoms with Crippen molar-refractivity contribution in [2.45, 2.75) is 62.9 Å². The average molecular weight is 243 g/mol. The molecule has 0 spiro atoms. The highest BCUT2D eigenvalue weighted by molar-refractivity contribution is 8.02. The second kappa shape index (κ2) is 5.71. The van der Waals surface area contributed by atoms with Gasteiger partial charge in [-0.2, -0.15) is 0 Å². The summed E-state index contributed by atoms with van der Waals surface area (Å²) in [5, 5.41) is 2.49. The molecule has 1 aliphatic heterocycles. The molecule has 1 fully saturated rings. The number of amides is 2. The summed E-state index contributed by atoms with van der Waals surface area (Å²) in [5.74, 6) is -0.193. The maximum absolute atomic E-state index is 11.9. The molecule has 1 rings (SSSR count). The van der Waals surface area contributed by atoms with Gasteiger partial charge >= 0.3 is 0 Å². The molecule has 0 aromatic rings. The van der Waals surface area contributed by atoms with E-state index >= 15 is 0 Å². The number of nitrogens with one attached hydrogen (secondary N) is 1. The van der Waals surface area contributed by atoms with Gasteiger partial charge in [-0.05, 0) is 19.3 Å². The monoisotopic (exact) mass is 243 g/mol. The van der Waals surface area contributed by atoms with Crippen molar-refractivity contribution in [1.29, 1.82) is 0 Å². The van der Waals surface area contributed by atoms with Crippen molar-refractivity contribution in [1.82, 2.24) is 5.32 Å². The van der Waals surface area contributed by atoms with Crippen LogP contribution < -0.4 is 5.32 Å². The highest BCUT2D eigenvalue weighted by Crippen LogP contribution is 2.40. The van der Waals surface area contributed by atoms with Gasteiger partial charge in [0.25, 0.3) is 0 Å². The molecule has 0 unspecified atom stereocenters. The average Bonchev–Trinajstić information content (AvgIpc) is 2.29. The lowest BCUT2D eigenvalue weighted by Crippen LogP contribution is -2.55. The summed E-state index contributed by atoms with van der Waals surface area (Å²) in [6, 6.07) is 0. The van der Waals surface area contributed by atoms with Crippen LogP contribution in [0, 0.1) is 0 Å². The first-order valence-corrected chi connectivity index (χ1v) is 7.00. The van der Waals surface area contributed by atoms with Crippen LogP contribution in [-0.4, -0.2) is 21.8 Å². The minimum atomic E-state index is -0.383. The second-order valence-electron chi connectivity index (χ2n) is 4.27. The van der Waals surface area contributed by atoms with Crippen LogP contribution in [0.5, 0.6) is 0 Å². The number of hydrogen-bond donors (Lipinski definition) is 1. The number of thioether (sulfide) groups is 1. The van der Waals surface area contributed by atoms with E-state index in [9.17, 15) is 9.59 Å². The summed E-state index contributed by atoms with van der Waals surface area (Å²) in [6.07, 6.45) is 4.58. The van der Waals surface area contributed by atoms with E-state index in [0.29, 0.717) is 0 Å². The van der Waals surface area contributed by atoms with E-state index in [4.69, 9.17) is 0 Å². The fourth-order valence-electron chi connectivity index (χ4n) is 2.00. The number of hydrogen-bond acceptors (Lipinski definition) is 3. The number of imide groups is 1. The van der Waals surface area contributed by atoms with Gasteiger partial charge in [-0.1, -0.05) is 33.6 Å². The Labute approximate surface area is 102 Å². The molecule has 3 nitrogen and oxygen atoms in total. The van der Waals surface area contributed by atoms with Crippen molar-refractivity contribution in [3.8, 4) is 0 Å². The van der Waals surface area contributed by atoms with Crippen LogP contribution in [0.15, 0.2) is 0 Å². The molecule has 1 N–H and O–H groups in total. The lowest BCUT2D eigenvalue weighted by atomic mass is 10.0. The third kappa shape index (κ3) is 2.59. The van der Waals surface area contributed by atoms with Gasteiger partial charge in [-0.3, -0.25) is 14.9 Å². The molecule has 92 valence electrons. The van der Waals surface area contributed by atoms with Crippen LogP contribution >= 0.6 is 11.8 Å². The third-order valence-corrected chi connectivity index (χ3v) is 5.22. The number of carbonyl (C=O) groups excluding carboxylic acids is 2. The van der Waals surface area contributed by atoms with E-state index in [1.54, 1.807) is 11.8 Å². The van der Waals surface area contributed by atoms with Crippen LogP contribution in [0.25, 0.3) is 0 Å². The quantitative estimate of drug-likeness (QED) is 0.755. The summed E-state index contributed by atoms with van der Waals surface area (Å²) in [5.41, 5.74) is 0. The predicted octanol–water partition coefficient (Wildman–Crippen LogP) is 2.49. The van der Waals surface area contributed by atoms with E-state index in [0.717, 1.165) is 32.1 Å². The van der Waals surface area contributed by atoms with Gasteiger partial charge in [-0.25, -0.2) is 0 Å². The Balaban J connectivity index is 2.75. The first-order chi connectivity index (χ1) is 7.59. The zero-order chi connectivity index (χ0) is 12.2. The fraction of sp³-hybridized carbons (Fsp3) is 0.833. The summed E-state index contributed by atoms with van der Waals surface area (Å²) >= 11 is 1.57. The minimum Gasteiger partial charge on any atom is -0.294 e. The normalized spacial score (nSPS) is 24.3. The standard InChI is InChI=1S/C12H21NO2S/c1-4-7-8-9-10(14)13-11(15)12(5-2,6-3)16-9/h9H,4-8H2,1-3H3,(H,13,14,15)/t9-/m0/s1. The first-order valence-electron chi connectivity index (χ1n) is 6.12. The molecule has 1 saturated heterocycles. The maximum atomic E-state index is 11.9.